The highest BCUT2D eigenvalue weighted by molar-refractivity contribution is 6.31. The molecule has 2 aromatic heterocycles. The molecule has 0 N–H and O–H groups in total. The molecule has 0 aliphatic carbocycles. The van der Waals surface area contributed by atoms with Crippen LogP contribution >= 0.6 is 11.6 Å². The molecule has 5 heteroatoms. The largest absolute Gasteiger partial charge is 0.366 e. The summed E-state index contributed by atoms with van der Waals surface area (Å²) in [6.45, 7) is 4.87. The zero-order valence-electron chi connectivity index (χ0n) is 13.4. The van der Waals surface area contributed by atoms with Crippen molar-refractivity contribution in [1.82, 2.24) is 14.9 Å². The van der Waals surface area contributed by atoms with Crippen molar-refractivity contribution in [2.24, 2.45) is 0 Å². The maximum absolute atomic E-state index is 6.28. The quantitative estimate of drug-likeness (QED) is 0.730. The highest BCUT2D eigenvalue weighted by Crippen LogP contribution is 2.25. The number of rotatable bonds is 3. The van der Waals surface area contributed by atoms with Crippen molar-refractivity contribution >= 4 is 28.2 Å². The van der Waals surface area contributed by atoms with Gasteiger partial charge < -0.3 is 4.90 Å². The van der Waals surface area contributed by atoms with Gasteiger partial charge in [0.25, 0.3) is 0 Å². The summed E-state index contributed by atoms with van der Waals surface area (Å²) in [6.07, 6.45) is 5.65. The smallest absolute Gasteiger partial charge is 0.0966 e. The number of fused-ring (bicyclic) bond motifs is 1. The Morgan fingerprint density at radius 3 is 2.62 bits per heavy atom. The SMILES string of the molecule is Clc1ccccc1CN1CCN(c2cncc3cccnc23)CC1. The van der Waals surface area contributed by atoms with Gasteiger partial charge in [-0.25, -0.2) is 0 Å². The van der Waals surface area contributed by atoms with E-state index in [9.17, 15) is 0 Å². The standard InChI is InChI=1S/C19H19ClN4/c20-17-6-2-1-4-16(17)14-23-8-10-24(11-9-23)18-13-21-12-15-5-3-7-22-19(15)18/h1-7,12-13H,8-11,14H2. The number of aromatic nitrogens is 2. The van der Waals surface area contributed by atoms with Gasteiger partial charge in [-0.3, -0.25) is 14.9 Å². The molecule has 0 atom stereocenters. The highest BCUT2D eigenvalue weighted by Gasteiger charge is 2.20. The van der Waals surface area contributed by atoms with Gasteiger partial charge in [-0.05, 0) is 23.8 Å². The molecule has 0 spiro atoms. The van der Waals surface area contributed by atoms with Crippen molar-refractivity contribution in [2.75, 3.05) is 31.1 Å². The van der Waals surface area contributed by atoms with E-state index in [0.29, 0.717) is 0 Å². The summed E-state index contributed by atoms with van der Waals surface area (Å²) in [5.74, 6) is 0. The van der Waals surface area contributed by atoms with E-state index in [1.165, 1.54) is 5.56 Å². The Kier molecular flexibility index (Phi) is 4.32. The van der Waals surface area contributed by atoms with Crippen LogP contribution in [0.5, 0.6) is 0 Å². The Morgan fingerprint density at radius 1 is 0.958 bits per heavy atom. The minimum absolute atomic E-state index is 0.849. The fourth-order valence-electron chi connectivity index (χ4n) is 3.23. The summed E-state index contributed by atoms with van der Waals surface area (Å²) in [7, 11) is 0. The van der Waals surface area contributed by atoms with E-state index in [-0.39, 0.29) is 0 Å². The molecule has 122 valence electrons. The van der Waals surface area contributed by atoms with E-state index >= 15 is 0 Å². The lowest BCUT2D eigenvalue weighted by atomic mass is 10.2. The van der Waals surface area contributed by atoms with Gasteiger partial charge in [0, 0.05) is 55.5 Å². The van der Waals surface area contributed by atoms with Crippen LogP contribution in [0, 0.1) is 0 Å². The van der Waals surface area contributed by atoms with E-state index in [4.69, 9.17) is 11.6 Å². The van der Waals surface area contributed by atoms with Gasteiger partial charge in [0.15, 0.2) is 0 Å². The van der Waals surface area contributed by atoms with Gasteiger partial charge in [-0.15, -0.1) is 0 Å². The monoisotopic (exact) mass is 338 g/mol. The minimum Gasteiger partial charge on any atom is -0.366 e. The highest BCUT2D eigenvalue weighted by atomic mass is 35.5. The number of hydrogen-bond donors (Lipinski definition) is 0. The van der Waals surface area contributed by atoms with Gasteiger partial charge in [-0.1, -0.05) is 29.8 Å². The lowest BCUT2D eigenvalue weighted by Crippen LogP contribution is -2.46. The van der Waals surface area contributed by atoms with Gasteiger partial charge in [0.1, 0.15) is 0 Å². The normalized spacial score (nSPS) is 15.8. The van der Waals surface area contributed by atoms with Crippen molar-refractivity contribution < 1.29 is 0 Å². The number of hydrogen-bond acceptors (Lipinski definition) is 4. The predicted octanol–water partition coefficient (Wildman–Crippen LogP) is 3.61. The second-order valence-corrected chi connectivity index (χ2v) is 6.50. The van der Waals surface area contributed by atoms with Crippen LogP contribution in [0.25, 0.3) is 10.9 Å². The van der Waals surface area contributed by atoms with Crippen molar-refractivity contribution in [2.45, 2.75) is 6.54 Å². The van der Waals surface area contributed by atoms with E-state index < -0.39 is 0 Å². The maximum Gasteiger partial charge on any atom is 0.0966 e. The first-order valence-corrected chi connectivity index (χ1v) is 8.58. The minimum atomic E-state index is 0.849. The van der Waals surface area contributed by atoms with Crippen LogP contribution in [0.1, 0.15) is 5.56 Å². The topological polar surface area (TPSA) is 32.3 Å². The Morgan fingerprint density at radius 2 is 1.79 bits per heavy atom. The third-order valence-corrected chi connectivity index (χ3v) is 4.93. The first-order chi connectivity index (χ1) is 11.8. The second kappa shape index (κ2) is 6.75. The van der Waals surface area contributed by atoms with Crippen molar-refractivity contribution in [3.63, 3.8) is 0 Å². The van der Waals surface area contributed by atoms with Crippen LogP contribution in [0.4, 0.5) is 5.69 Å². The van der Waals surface area contributed by atoms with Crippen molar-refractivity contribution in [3.05, 3.63) is 65.6 Å². The van der Waals surface area contributed by atoms with Gasteiger partial charge >= 0.3 is 0 Å². The fraction of sp³-hybridized carbons (Fsp3) is 0.263. The number of anilines is 1. The van der Waals surface area contributed by atoms with Crippen LogP contribution in [0.15, 0.2) is 55.0 Å². The van der Waals surface area contributed by atoms with Crippen molar-refractivity contribution in [1.29, 1.82) is 0 Å². The molecule has 4 rings (SSSR count). The molecule has 0 unspecified atom stereocenters. The Balaban J connectivity index is 1.47. The Bertz CT molecular complexity index is 838. The number of pyridine rings is 2. The number of nitrogens with zero attached hydrogens (tertiary/aromatic N) is 4. The van der Waals surface area contributed by atoms with E-state index in [1.807, 2.05) is 42.9 Å². The van der Waals surface area contributed by atoms with E-state index in [1.54, 1.807) is 0 Å². The third kappa shape index (κ3) is 3.07. The molecule has 24 heavy (non-hydrogen) atoms. The molecule has 4 nitrogen and oxygen atoms in total. The Labute approximate surface area is 146 Å². The maximum atomic E-state index is 6.28. The number of benzene rings is 1. The van der Waals surface area contributed by atoms with Crippen LogP contribution in [0.3, 0.4) is 0 Å². The van der Waals surface area contributed by atoms with Crippen LogP contribution in [-0.2, 0) is 6.54 Å². The summed E-state index contributed by atoms with van der Waals surface area (Å²) in [6, 6.07) is 12.1. The van der Waals surface area contributed by atoms with Gasteiger partial charge in [0.2, 0.25) is 0 Å². The van der Waals surface area contributed by atoms with Crippen LogP contribution in [-0.4, -0.2) is 41.0 Å². The first kappa shape index (κ1) is 15.4. The van der Waals surface area contributed by atoms with Crippen LogP contribution in [0.2, 0.25) is 5.02 Å². The summed E-state index contributed by atoms with van der Waals surface area (Å²) in [4.78, 5) is 13.7. The molecule has 1 aromatic carbocycles. The molecule has 3 heterocycles. The molecule has 3 aromatic rings. The average molecular weight is 339 g/mol. The second-order valence-electron chi connectivity index (χ2n) is 6.09. The van der Waals surface area contributed by atoms with Crippen molar-refractivity contribution in [3.8, 4) is 0 Å². The summed E-state index contributed by atoms with van der Waals surface area (Å²) in [5, 5.41) is 1.94. The molecular weight excluding hydrogens is 320 g/mol. The van der Waals surface area contributed by atoms with Crippen LogP contribution < -0.4 is 4.90 Å². The molecule has 1 aliphatic heterocycles. The lowest BCUT2D eigenvalue weighted by molar-refractivity contribution is 0.250. The third-order valence-electron chi connectivity index (χ3n) is 4.56. The number of halogens is 1. The number of piperazine rings is 1. The molecule has 1 fully saturated rings. The molecule has 0 amide bonds. The van der Waals surface area contributed by atoms with Gasteiger partial charge in [-0.2, -0.15) is 0 Å². The Hall–Kier alpha value is -2.17. The zero-order valence-corrected chi connectivity index (χ0v) is 14.2. The molecule has 0 bridgehead atoms. The van der Waals surface area contributed by atoms with Gasteiger partial charge in [0.05, 0.1) is 17.4 Å². The molecule has 0 radical (unpaired) electrons. The summed E-state index contributed by atoms with van der Waals surface area (Å²) < 4.78 is 0. The molecule has 1 saturated heterocycles. The lowest BCUT2D eigenvalue weighted by Gasteiger charge is -2.36. The summed E-state index contributed by atoms with van der Waals surface area (Å²) in [5.41, 5.74) is 3.36. The zero-order chi connectivity index (χ0) is 16.4. The van der Waals surface area contributed by atoms with E-state index in [2.05, 4.69) is 31.9 Å². The summed E-state index contributed by atoms with van der Waals surface area (Å²) >= 11 is 6.28. The average Bonchev–Trinajstić information content (AvgIpc) is 2.64. The predicted molar refractivity (Wildman–Crippen MR) is 98.5 cm³/mol. The molecule has 0 saturated carbocycles. The molecular formula is C19H19ClN4. The molecule has 1 aliphatic rings. The fourth-order valence-corrected chi connectivity index (χ4v) is 3.43. The first-order valence-electron chi connectivity index (χ1n) is 8.21. The van der Waals surface area contributed by atoms with E-state index in [0.717, 1.165) is 54.3 Å².